The second-order valence-corrected chi connectivity index (χ2v) is 4.24. The second kappa shape index (κ2) is 10.00. The molecule has 0 aromatic heterocycles. The Balaban J connectivity index is 4.17. The molecule has 0 aliphatic heterocycles. The van der Waals surface area contributed by atoms with Crippen LogP contribution < -0.4 is 5.73 Å². The lowest BCUT2D eigenvalue weighted by molar-refractivity contribution is -0.166. The number of ether oxygens (including phenoxy) is 2. The molecule has 0 fully saturated rings. The molecule has 11 nitrogen and oxygen atoms in total. The summed E-state index contributed by atoms with van der Waals surface area (Å²) in [6.07, 6.45) is -2.93. The predicted molar refractivity (Wildman–Crippen MR) is 68.5 cm³/mol. The molecule has 0 bridgehead atoms. The Hall–Kier alpha value is -2.82. The fraction of sp³-hybridized carbons (Fsp3) is 0.500. The summed E-state index contributed by atoms with van der Waals surface area (Å²) in [5.74, 6) is -7.22. The van der Waals surface area contributed by atoms with E-state index in [0.717, 1.165) is 0 Å². The standard InChI is InChI=1S/C12H15NO10/c13-6(12(21)23-10(19)4-2-8(16)17)5-11(20)22-9(18)3-1-7(14)15/h6H,1-5,13H2,(H,14,15)(H,16,17). The van der Waals surface area contributed by atoms with E-state index in [2.05, 4.69) is 9.47 Å². The van der Waals surface area contributed by atoms with Crippen LogP contribution in [0.5, 0.6) is 0 Å². The Morgan fingerprint density at radius 1 is 0.739 bits per heavy atom. The number of carbonyl (C=O) groups is 6. The third-order valence-corrected chi connectivity index (χ3v) is 2.22. The minimum absolute atomic E-state index is 0.529. The first kappa shape index (κ1) is 20.2. The summed E-state index contributed by atoms with van der Waals surface area (Å²) in [7, 11) is 0. The van der Waals surface area contributed by atoms with E-state index in [1.165, 1.54) is 0 Å². The molecule has 0 aromatic carbocycles. The van der Waals surface area contributed by atoms with E-state index < -0.39 is 74.0 Å². The lowest BCUT2D eigenvalue weighted by Gasteiger charge is -2.09. The number of carboxylic acid groups (broad SMARTS) is 2. The van der Waals surface area contributed by atoms with Gasteiger partial charge in [0, 0.05) is 0 Å². The molecule has 128 valence electrons. The van der Waals surface area contributed by atoms with Crippen LogP contribution in [-0.2, 0) is 38.2 Å². The highest BCUT2D eigenvalue weighted by atomic mass is 16.6. The van der Waals surface area contributed by atoms with Gasteiger partial charge in [0.2, 0.25) is 0 Å². The number of rotatable bonds is 9. The van der Waals surface area contributed by atoms with Crippen LogP contribution in [0.4, 0.5) is 0 Å². The van der Waals surface area contributed by atoms with Gasteiger partial charge in [-0.05, 0) is 0 Å². The van der Waals surface area contributed by atoms with Crippen molar-refractivity contribution in [1.82, 2.24) is 0 Å². The Morgan fingerprint density at radius 3 is 1.61 bits per heavy atom. The summed E-state index contributed by atoms with van der Waals surface area (Å²) in [4.78, 5) is 65.2. The van der Waals surface area contributed by atoms with Crippen molar-refractivity contribution in [2.45, 2.75) is 38.1 Å². The Bertz CT molecular complexity index is 512. The molecule has 1 atom stereocenters. The molecule has 23 heavy (non-hydrogen) atoms. The van der Waals surface area contributed by atoms with Gasteiger partial charge in [0.1, 0.15) is 6.04 Å². The summed E-state index contributed by atoms with van der Waals surface area (Å²) in [6, 6.07) is -1.59. The van der Waals surface area contributed by atoms with Crippen LogP contribution in [0.3, 0.4) is 0 Å². The Kier molecular flexibility index (Phi) is 8.77. The van der Waals surface area contributed by atoms with E-state index in [1.807, 2.05) is 0 Å². The average molecular weight is 333 g/mol. The van der Waals surface area contributed by atoms with Crippen LogP contribution in [0.15, 0.2) is 0 Å². The molecule has 0 aromatic rings. The zero-order chi connectivity index (χ0) is 18.0. The van der Waals surface area contributed by atoms with Crippen LogP contribution in [0.2, 0.25) is 0 Å². The molecule has 0 saturated carbocycles. The van der Waals surface area contributed by atoms with Crippen molar-refractivity contribution in [2.24, 2.45) is 5.73 Å². The van der Waals surface area contributed by atoms with Gasteiger partial charge in [-0.25, -0.2) is 4.79 Å². The molecule has 4 N–H and O–H groups in total. The van der Waals surface area contributed by atoms with Gasteiger partial charge in [-0.3, -0.25) is 24.0 Å². The Morgan fingerprint density at radius 2 is 1.17 bits per heavy atom. The monoisotopic (exact) mass is 333 g/mol. The lowest BCUT2D eigenvalue weighted by Crippen LogP contribution is -2.36. The maximum absolute atomic E-state index is 11.3. The maximum Gasteiger partial charge on any atom is 0.331 e. The summed E-state index contributed by atoms with van der Waals surface area (Å²) < 4.78 is 8.42. The summed E-state index contributed by atoms with van der Waals surface area (Å²) in [5, 5.41) is 16.7. The van der Waals surface area contributed by atoms with Crippen molar-refractivity contribution in [3.05, 3.63) is 0 Å². The van der Waals surface area contributed by atoms with E-state index in [0.29, 0.717) is 0 Å². The van der Waals surface area contributed by atoms with Gasteiger partial charge < -0.3 is 25.4 Å². The Labute approximate surface area is 129 Å². The molecule has 11 heteroatoms. The predicted octanol–water partition coefficient (Wildman–Crippen LogP) is -1.43. The van der Waals surface area contributed by atoms with Crippen molar-refractivity contribution in [1.29, 1.82) is 0 Å². The zero-order valence-corrected chi connectivity index (χ0v) is 11.9. The molecule has 0 saturated heterocycles. The fourth-order valence-corrected chi connectivity index (χ4v) is 1.14. The van der Waals surface area contributed by atoms with E-state index >= 15 is 0 Å². The van der Waals surface area contributed by atoms with E-state index in [9.17, 15) is 28.8 Å². The molecule has 0 rings (SSSR count). The highest BCUT2D eigenvalue weighted by Crippen LogP contribution is 2.01. The van der Waals surface area contributed by atoms with Gasteiger partial charge in [0.15, 0.2) is 0 Å². The lowest BCUT2D eigenvalue weighted by atomic mass is 10.2. The minimum atomic E-state index is -1.59. The molecule has 1 unspecified atom stereocenters. The van der Waals surface area contributed by atoms with Crippen LogP contribution >= 0.6 is 0 Å². The second-order valence-electron chi connectivity index (χ2n) is 4.24. The van der Waals surface area contributed by atoms with Gasteiger partial charge >= 0.3 is 35.8 Å². The SMILES string of the molecule is NC(CC(=O)OC(=O)CCC(=O)O)C(=O)OC(=O)CCC(=O)O. The van der Waals surface area contributed by atoms with Crippen molar-refractivity contribution >= 4 is 35.8 Å². The highest BCUT2D eigenvalue weighted by Gasteiger charge is 2.24. The van der Waals surface area contributed by atoms with Crippen molar-refractivity contribution in [3.8, 4) is 0 Å². The summed E-state index contributed by atoms with van der Waals surface area (Å²) >= 11 is 0. The van der Waals surface area contributed by atoms with Gasteiger partial charge in [-0.15, -0.1) is 0 Å². The number of aliphatic carboxylic acids is 2. The number of hydrogen-bond acceptors (Lipinski definition) is 9. The van der Waals surface area contributed by atoms with Crippen LogP contribution in [0.25, 0.3) is 0 Å². The number of hydrogen-bond donors (Lipinski definition) is 3. The van der Waals surface area contributed by atoms with E-state index in [1.54, 1.807) is 0 Å². The molecule has 0 aliphatic rings. The van der Waals surface area contributed by atoms with Crippen LogP contribution in [-0.4, -0.2) is 52.1 Å². The molecular formula is C12H15NO10. The molecule has 0 aliphatic carbocycles. The molecule has 0 heterocycles. The normalized spacial score (nSPS) is 11.2. The fourth-order valence-electron chi connectivity index (χ4n) is 1.14. The van der Waals surface area contributed by atoms with Crippen LogP contribution in [0.1, 0.15) is 32.1 Å². The van der Waals surface area contributed by atoms with E-state index in [4.69, 9.17) is 15.9 Å². The minimum Gasteiger partial charge on any atom is -0.481 e. The quantitative estimate of drug-likeness (QED) is 0.331. The van der Waals surface area contributed by atoms with Gasteiger partial charge in [0.05, 0.1) is 32.1 Å². The van der Waals surface area contributed by atoms with Crippen molar-refractivity contribution in [2.75, 3.05) is 0 Å². The van der Waals surface area contributed by atoms with Crippen molar-refractivity contribution in [3.63, 3.8) is 0 Å². The maximum atomic E-state index is 11.3. The first-order valence-electron chi connectivity index (χ1n) is 6.29. The smallest absolute Gasteiger partial charge is 0.331 e. The molecule has 0 amide bonds. The molecule has 0 spiro atoms. The van der Waals surface area contributed by atoms with Gasteiger partial charge in [-0.2, -0.15) is 0 Å². The number of nitrogens with two attached hydrogens (primary N) is 1. The third kappa shape index (κ3) is 10.5. The number of carbonyl (C=O) groups excluding carboxylic acids is 4. The van der Waals surface area contributed by atoms with E-state index in [-0.39, 0.29) is 0 Å². The average Bonchev–Trinajstić information content (AvgIpc) is 2.42. The first-order chi connectivity index (χ1) is 10.6. The van der Waals surface area contributed by atoms with Crippen LogP contribution in [0, 0.1) is 0 Å². The number of carboxylic acids is 2. The molecular weight excluding hydrogens is 318 g/mol. The van der Waals surface area contributed by atoms with Gasteiger partial charge in [0.25, 0.3) is 0 Å². The van der Waals surface area contributed by atoms with Gasteiger partial charge in [-0.1, -0.05) is 0 Å². The topological polar surface area (TPSA) is 187 Å². The third-order valence-electron chi connectivity index (χ3n) is 2.22. The zero-order valence-electron chi connectivity index (χ0n) is 11.9. The highest BCUT2D eigenvalue weighted by molar-refractivity contribution is 5.93. The molecule has 0 radical (unpaired) electrons. The van der Waals surface area contributed by atoms with Crippen molar-refractivity contribution < 1.29 is 48.5 Å². The summed E-state index contributed by atoms with van der Waals surface area (Å²) in [6.45, 7) is 0. The first-order valence-corrected chi connectivity index (χ1v) is 6.29. The largest absolute Gasteiger partial charge is 0.481 e. The number of esters is 4. The summed E-state index contributed by atoms with van der Waals surface area (Å²) in [5.41, 5.74) is 5.27.